The third kappa shape index (κ3) is 3.21. The number of hydrogen-bond acceptors (Lipinski definition) is 4. The zero-order valence-corrected chi connectivity index (χ0v) is 12.5. The lowest BCUT2D eigenvalue weighted by molar-refractivity contribution is -0.0508. The molecule has 21 heavy (non-hydrogen) atoms. The van der Waals surface area contributed by atoms with Crippen LogP contribution in [0.2, 0.25) is 0 Å². The first kappa shape index (κ1) is 14.4. The minimum Gasteiger partial charge on any atom is -0.491 e. The molecular formula is C17H23NO3. The van der Waals surface area contributed by atoms with Crippen molar-refractivity contribution in [2.24, 2.45) is 5.16 Å². The van der Waals surface area contributed by atoms with Gasteiger partial charge in [-0.3, -0.25) is 0 Å². The summed E-state index contributed by atoms with van der Waals surface area (Å²) in [6, 6.07) is 7.64. The summed E-state index contributed by atoms with van der Waals surface area (Å²) in [7, 11) is 0. The summed E-state index contributed by atoms with van der Waals surface area (Å²) >= 11 is 0. The summed E-state index contributed by atoms with van der Waals surface area (Å²) in [5, 5.41) is 12.0. The number of nitrogens with zero attached hydrogens (tertiary/aromatic N) is 1. The molecule has 0 radical (unpaired) electrons. The molecule has 0 amide bonds. The topological polar surface area (TPSA) is 51.1 Å². The lowest BCUT2D eigenvalue weighted by Gasteiger charge is -2.23. The van der Waals surface area contributed by atoms with Crippen LogP contribution in [0.5, 0.6) is 5.75 Å². The monoisotopic (exact) mass is 289 g/mol. The van der Waals surface area contributed by atoms with Gasteiger partial charge in [0, 0.05) is 5.56 Å². The Bertz CT molecular complexity index is 521. The molecule has 1 heterocycles. The van der Waals surface area contributed by atoms with Gasteiger partial charge in [0.1, 0.15) is 12.4 Å². The normalized spacial score (nSPS) is 24.6. The first-order valence-electron chi connectivity index (χ1n) is 7.80. The van der Waals surface area contributed by atoms with Gasteiger partial charge >= 0.3 is 0 Å². The molecule has 1 aliphatic heterocycles. The number of benzene rings is 1. The fourth-order valence-electron chi connectivity index (χ4n) is 3.46. The molecule has 4 nitrogen and oxygen atoms in total. The molecule has 0 aromatic heterocycles. The average Bonchev–Trinajstić information content (AvgIpc) is 3.15. The maximum atomic E-state index is 8.83. The van der Waals surface area contributed by atoms with Gasteiger partial charge in [-0.2, -0.15) is 0 Å². The van der Waals surface area contributed by atoms with Gasteiger partial charge < -0.3 is 14.7 Å². The molecule has 1 aliphatic carbocycles. The Morgan fingerprint density at radius 1 is 1.38 bits per heavy atom. The lowest BCUT2D eigenvalue weighted by Crippen LogP contribution is -2.27. The van der Waals surface area contributed by atoms with Crippen LogP contribution in [0.4, 0.5) is 0 Å². The Morgan fingerprint density at radius 3 is 2.95 bits per heavy atom. The molecule has 2 aliphatic rings. The van der Waals surface area contributed by atoms with Gasteiger partial charge in [0.15, 0.2) is 0 Å². The molecule has 1 N–H and O–H groups in total. The van der Waals surface area contributed by atoms with Crippen LogP contribution in [0.3, 0.4) is 0 Å². The molecule has 1 saturated heterocycles. The maximum Gasteiger partial charge on any atom is 0.120 e. The van der Waals surface area contributed by atoms with E-state index in [1.807, 2.05) is 24.3 Å². The Kier molecular flexibility index (Phi) is 4.15. The molecule has 1 unspecified atom stereocenters. The van der Waals surface area contributed by atoms with Crippen LogP contribution in [0.15, 0.2) is 29.4 Å². The van der Waals surface area contributed by atoms with Crippen LogP contribution >= 0.6 is 0 Å². The molecule has 114 valence electrons. The molecule has 2 fully saturated rings. The second-order valence-corrected chi connectivity index (χ2v) is 6.19. The summed E-state index contributed by atoms with van der Waals surface area (Å²) in [6.07, 6.45) is 7.51. The second kappa shape index (κ2) is 6.06. The van der Waals surface area contributed by atoms with Crippen LogP contribution < -0.4 is 4.74 Å². The Morgan fingerprint density at radius 2 is 2.19 bits per heavy atom. The van der Waals surface area contributed by atoms with Crippen LogP contribution in [0.25, 0.3) is 0 Å². The minimum absolute atomic E-state index is 0.163. The largest absolute Gasteiger partial charge is 0.491 e. The summed E-state index contributed by atoms with van der Waals surface area (Å²) in [5.41, 5.74) is 1.62. The van der Waals surface area contributed by atoms with Crippen molar-refractivity contribution in [1.82, 2.24) is 0 Å². The molecule has 1 spiro atoms. The van der Waals surface area contributed by atoms with Gasteiger partial charge in [0.2, 0.25) is 0 Å². The standard InChI is InChI=1S/C17H23NO3/c1-13(18-19)14-5-4-6-15(11-14)20-12-16-7-10-17(21-16)8-2-3-9-17/h4-6,11,16,19H,2-3,7-10,12H2,1H3/b18-13-. The van der Waals surface area contributed by atoms with Gasteiger partial charge in [-0.15, -0.1) is 0 Å². The third-order valence-corrected chi connectivity index (χ3v) is 4.69. The second-order valence-electron chi connectivity index (χ2n) is 6.19. The minimum atomic E-state index is 0.163. The summed E-state index contributed by atoms with van der Waals surface area (Å²) in [4.78, 5) is 0. The Balaban J connectivity index is 1.56. The van der Waals surface area contributed by atoms with Crippen molar-refractivity contribution in [3.8, 4) is 5.75 Å². The van der Waals surface area contributed by atoms with Crippen molar-refractivity contribution < 1.29 is 14.7 Å². The van der Waals surface area contributed by atoms with E-state index < -0.39 is 0 Å². The quantitative estimate of drug-likeness (QED) is 0.521. The zero-order chi connectivity index (χ0) is 14.7. The van der Waals surface area contributed by atoms with Crippen LogP contribution in [-0.4, -0.2) is 29.2 Å². The van der Waals surface area contributed by atoms with Crippen molar-refractivity contribution in [2.75, 3.05) is 6.61 Å². The summed E-state index contributed by atoms with van der Waals surface area (Å²) in [6.45, 7) is 2.36. The van der Waals surface area contributed by atoms with E-state index >= 15 is 0 Å². The molecule has 4 heteroatoms. The van der Waals surface area contributed by atoms with Crippen LogP contribution in [-0.2, 0) is 4.74 Å². The summed E-state index contributed by atoms with van der Waals surface area (Å²) < 4.78 is 12.1. The highest BCUT2D eigenvalue weighted by atomic mass is 16.6. The van der Waals surface area contributed by atoms with Crippen LogP contribution in [0, 0.1) is 0 Å². The van der Waals surface area contributed by atoms with Crippen molar-refractivity contribution in [3.05, 3.63) is 29.8 Å². The van der Waals surface area contributed by atoms with E-state index in [-0.39, 0.29) is 11.7 Å². The van der Waals surface area contributed by atoms with Gasteiger partial charge in [-0.25, -0.2) is 0 Å². The first-order chi connectivity index (χ1) is 10.2. The van der Waals surface area contributed by atoms with E-state index in [4.69, 9.17) is 14.7 Å². The number of ether oxygens (including phenoxy) is 2. The molecule has 1 atom stereocenters. The third-order valence-electron chi connectivity index (χ3n) is 4.69. The Labute approximate surface area is 125 Å². The number of oxime groups is 1. The van der Waals surface area contributed by atoms with E-state index in [9.17, 15) is 0 Å². The van der Waals surface area contributed by atoms with E-state index in [1.54, 1.807) is 6.92 Å². The van der Waals surface area contributed by atoms with E-state index in [1.165, 1.54) is 32.1 Å². The van der Waals surface area contributed by atoms with E-state index in [0.29, 0.717) is 12.3 Å². The first-order valence-corrected chi connectivity index (χ1v) is 7.80. The Hall–Kier alpha value is -1.55. The lowest BCUT2D eigenvalue weighted by atomic mass is 9.98. The van der Waals surface area contributed by atoms with Gasteiger partial charge in [-0.05, 0) is 44.7 Å². The van der Waals surface area contributed by atoms with Crippen LogP contribution in [0.1, 0.15) is 51.0 Å². The fraction of sp³-hybridized carbons (Fsp3) is 0.588. The molecule has 1 aromatic carbocycles. The highest BCUT2D eigenvalue weighted by Gasteiger charge is 2.42. The molecule has 0 bridgehead atoms. The SMILES string of the molecule is C/C(=N/O)c1cccc(OCC2CCC3(CCCC3)O2)c1. The van der Waals surface area contributed by atoms with E-state index in [0.717, 1.165) is 17.7 Å². The fourth-order valence-corrected chi connectivity index (χ4v) is 3.46. The molecule has 3 rings (SSSR count). The maximum absolute atomic E-state index is 8.83. The highest BCUT2D eigenvalue weighted by Crippen LogP contribution is 2.43. The smallest absolute Gasteiger partial charge is 0.120 e. The highest BCUT2D eigenvalue weighted by molar-refractivity contribution is 5.98. The van der Waals surface area contributed by atoms with Crippen molar-refractivity contribution in [1.29, 1.82) is 0 Å². The molecule has 1 saturated carbocycles. The number of hydrogen-bond donors (Lipinski definition) is 1. The molecule has 1 aromatic rings. The predicted molar refractivity (Wildman–Crippen MR) is 81.2 cm³/mol. The van der Waals surface area contributed by atoms with Gasteiger partial charge in [-0.1, -0.05) is 30.1 Å². The van der Waals surface area contributed by atoms with Crippen molar-refractivity contribution in [2.45, 2.75) is 57.2 Å². The van der Waals surface area contributed by atoms with Crippen molar-refractivity contribution >= 4 is 5.71 Å². The van der Waals surface area contributed by atoms with Gasteiger partial charge in [0.05, 0.1) is 17.4 Å². The molecular weight excluding hydrogens is 266 g/mol. The van der Waals surface area contributed by atoms with Crippen molar-refractivity contribution in [3.63, 3.8) is 0 Å². The van der Waals surface area contributed by atoms with Gasteiger partial charge in [0.25, 0.3) is 0 Å². The summed E-state index contributed by atoms with van der Waals surface area (Å²) in [5.74, 6) is 0.798. The number of rotatable bonds is 4. The zero-order valence-electron chi connectivity index (χ0n) is 12.5. The van der Waals surface area contributed by atoms with E-state index in [2.05, 4.69) is 5.16 Å². The average molecular weight is 289 g/mol. The predicted octanol–water partition coefficient (Wildman–Crippen LogP) is 3.76.